The highest BCUT2D eigenvalue weighted by Crippen LogP contribution is 2.40. The fraction of sp³-hybridized carbons (Fsp3) is 0.692. The third-order valence-electron chi connectivity index (χ3n) is 3.95. The minimum Gasteiger partial charge on any atom is -0.383 e. The van der Waals surface area contributed by atoms with Gasteiger partial charge in [0, 0.05) is 7.11 Å². The number of hydrogen-bond donors (Lipinski definition) is 0. The smallest absolute Gasteiger partial charge is 0.233 e. The van der Waals surface area contributed by atoms with E-state index in [1.165, 1.54) is 16.0 Å². The summed E-state index contributed by atoms with van der Waals surface area (Å²) in [5, 5.41) is 0. The van der Waals surface area contributed by atoms with Crippen molar-refractivity contribution in [2.75, 3.05) is 20.3 Å². The Morgan fingerprint density at radius 1 is 1.12 bits per heavy atom. The van der Waals surface area contributed by atoms with Crippen molar-refractivity contribution in [3.8, 4) is 0 Å². The van der Waals surface area contributed by atoms with E-state index in [1.54, 1.807) is 7.11 Å². The van der Waals surface area contributed by atoms with Crippen LogP contribution in [0.1, 0.15) is 26.7 Å². The van der Waals surface area contributed by atoms with Crippen molar-refractivity contribution in [3.63, 3.8) is 0 Å². The van der Waals surface area contributed by atoms with Gasteiger partial charge in [0.25, 0.3) is 0 Å². The van der Waals surface area contributed by atoms with Gasteiger partial charge in [0.2, 0.25) is 11.8 Å². The maximum Gasteiger partial charge on any atom is 0.233 e. The van der Waals surface area contributed by atoms with E-state index in [4.69, 9.17) is 4.74 Å². The number of ether oxygens (including phenoxy) is 1. The van der Waals surface area contributed by atoms with E-state index in [2.05, 4.69) is 13.8 Å². The van der Waals surface area contributed by atoms with E-state index >= 15 is 0 Å². The number of amides is 2. The lowest BCUT2D eigenvalue weighted by Gasteiger charge is -2.23. The Hall–Kier alpha value is -1.16. The number of hydrogen-bond acceptors (Lipinski definition) is 3. The van der Waals surface area contributed by atoms with Crippen molar-refractivity contribution in [1.29, 1.82) is 0 Å². The lowest BCUT2D eigenvalue weighted by atomic mass is 9.78. The van der Waals surface area contributed by atoms with E-state index in [9.17, 15) is 9.59 Å². The molecule has 2 aliphatic rings. The summed E-state index contributed by atoms with van der Waals surface area (Å²) in [4.78, 5) is 25.7. The predicted octanol–water partition coefficient (Wildman–Crippen LogP) is 1.36. The molecular formula is C13H19NO3. The molecule has 17 heavy (non-hydrogen) atoms. The molecule has 1 aliphatic heterocycles. The minimum atomic E-state index is -0.122. The molecule has 4 nitrogen and oxygen atoms in total. The number of rotatable bonds is 3. The molecule has 0 N–H and O–H groups in total. The maximum atomic E-state index is 12.1. The molecule has 1 aliphatic carbocycles. The first-order valence-corrected chi connectivity index (χ1v) is 6.05. The molecule has 1 saturated heterocycles. The van der Waals surface area contributed by atoms with Gasteiger partial charge < -0.3 is 4.74 Å². The first kappa shape index (κ1) is 12.3. The van der Waals surface area contributed by atoms with Gasteiger partial charge in [0.1, 0.15) is 0 Å². The molecule has 0 aromatic heterocycles. The zero-order valence-electron chi connectivity index (χ0n) is 10.7. The number of nitrogens with zero attached hydrogens (tertiary/aromatic N) is 1. The van der Waals surface area contributed by atoms with Gasteiger partial charge in [-0.2, -0.15) is 0 Å². The van der Waals surface area contributed by atoms with Gasteiger partial charge in [0.15, 0.2) is 0 Å². The molecule has 0 bridgehead atoms. The van der Waals surface area contributed by atoms with E-state index in [-0.39, 0.29) is 23.7 Å². The SMILES string of the molecule is COCCN1C(=O)[C@H]2CC(C)=C(C)C[C@H]2C1=O. The Balaban J connectivity index is 2.16. The molecular weight excluding hydrogens is 218 g/mol. The second kappa shape index (κ2) is 4.61. The van der Waals surface area contributed by atoms with Crippen molar-refractivity contribution in [1.82, 2.24) is 4.90 Å². The maximum absolute atomic E-state index is 12.1. The molecule has 2 amide bonds. The largest absolute Gasteiger partial charge is 0.383 e. The Morgan fingerprint density at radius 2 is 1.59 bits per heavy atom. The van der Waals surface area contributed by atoms with Gasteiger partial charge in [0.05, 0.1) is 25.0 Å². The molecule has 0 aromatic rings. The number of imide groups is 1. The Bertz CT molecular complexity index is 354. The Labute approximate surface area is 102 Å². The molecule has 0 unspecified atom stereocenters. The molecule has 0 spiro atoms. The van der Waals surface area contributed by atoms with Crippen LogP contribution in [0, 0.1) is 11.8 Å². The van der Waals surface area contributed by atoms with E-state index < -0.39 is 0 Å². The quantitative estimate of drug-likeness (QED) is 0.550. The van der Waals surface area contributed by atoms with Gasteiger partial charge in [-0.25, -0.2) is 0 Å². The molecule has 0 saturated carbocycles. The van der Waals surface area contributed by atoms with Crippen molar-refractivity contribution >= 4 is 11.8 Å². The van der Waals surface area contributed by atoms with Crippen LogP contribution in [0.25, 0.3) is 0 Å². The average Bonchev–Trinajstić information content (AvgIpc) is 2.51. The summed E-state index contributed by atoms with van der Waals surface area (Å²) in [6.07, 6.45) is 1.48. The zero-order valence-corrected chi connectivity index (χ0v) is 10.7. The molecule has 1 heterocycles. The van der Waals surface area contributed by atoms with Gasteiger partial charge in [-0.15, -0.1) is 0 Å². The van der Waals surface area contributed by atoms with Crippen molar-refractivity contribution in [2.45, 2.75) is 26.7 Å². The summed E-state index contributed by atoms with van der Waals surface area (Å²) in [5.41, 5.74) is 2.53. The number of methoxy groups -OCH3 is 1. The summed E-state index contributed by atoms with van der Waals surface area (Å²) in [6.45, 7) is 4.92. The summed E-state index contributed by atoms with van der Waals surface area (Å²) in [5.74, 6) is -0.265. The third-order valence-corrected chi connectivity index (χ3v) is 3.95. The van der Waals surface area contributed by atoms with Gasteiger partial charge in [-0.3, -0.25) is 14.5 Å². The van der Waals surface area contributed by atoms with E-state index in [1.807, 2.05) is 0 Å². The first-order chi connectivity index (χ1) is 8.06. The predicted molar refractivity (Wildman–Crippen MR) is 63.2 cm³/mol. The van der Waals surface area contributed by atoms with Crippen molar-refractivity contribution in [3.05, 3.63) is 11.1 Å². The van der Waals surface area contributed by atoms with Crippen molar-refractivity contribution in [2.24, 2.45) is 11.8 Å². The summed E-state index contributed by atoms with van der Waals surface area (Å²) in [7, 11) is 1.58. The second-order valence-corrected chi connectivity index (χ2v) is 5.00. The molecule has 1 fully saturated rings. The number of allylic oxidation sites excluding steroid dienone is 2. The molecule has 0 radical (unpaired) electrons. The van der Waals surface area contributed by atoms with Crippen LogP contribution in [-0.4, -0.2) is 37.0 Å². The van der Waals surface area contributed by atoms with Crippen LogP contribution < -0.4 is 0 Å². The van der Waals surface area contributed by atoms with Crippen LogP contribution in [0.15, 0.2) is 11.1 Å². The number of carbonyl (C=O) groups is 2. The number of fused-ring (bicyclic) bond motifs is 1. The highest BCUT2D eigenvalue weighted by atomic mass is 16.5. The van der Waals surface area contributed by atoms with Gasteiger partial charge >= 0.3 is 0 Å². The van der Waals surface area contributed by atoms with Crippen LogP contribution in [0.2, 0.25) is 0 Å². The normalized spacial score (nSPS) is 29.0. The van der Waals surface area contributed by atoms with Crippen LogP contribution in [-0.2, 0) is 14.3 Å². The molecule has 2 atom stereocenters. The molecule has 94 valence electrons. The monoisotopic (exact) mass is 237 g/mol. The summed E-state index contributed by atoms with van der Waals surface area (Å²) in [6, 6.07) is 0. The second-order valence-electron chi connectivity index (χ2n) is 5.00. The fourth-order valence-corrected chi connectivity index (χ4v) is 2.72. The van der Waals surface area contributed by atoms with Crippen LogP contribution in [0.5, 0.6) is 0 Å². The number of likely N-dealkylation sites (tertiary alicyclic amines) is 1. The van der Waals surface area contributed by atoms with E-state index in [0.717, 1.165) is 12.8 Å². The van der Waals surface area contributed by atoms with Gasteiger partial charge in [-0.05, 0) is 26.7 Å². The standard InChI is InChI=1S/C13H19NO3/c1-8-6-10-11(7-9(8)2)13(16)14(12(10)15)4-5-17-3/h10-11H,4-7H2,1-3H3/t10-,11+. The lowest BCUT2D eigenvalue weighted by Crippen LogP contribution is -2.34. The van der Waals surface area contributed by atoms with Crippen LogP contribution in [0.3, 0.4) is 0 Å². The Kier molecular flexibility index (Phi) is 3.33. The fourth-order valence-electron chi connectivity index (χ4n) is 2.72. The van der Waals surface area contributed by atoms with Crippen LogP contribution >= 0.6 is 0 Å². The molecule has 0 aromatic carbocycles. The summed E-state index contributed by atoms with van der Waals surface area (Å²) < 4.78 is 4.94. The lowest BCUT2D eigenvalue weighted by molar-refractivity contribution is -0.140. The third kappa shape index (κ3) is 2.02. The van der Waals surface area contributed by atoms with Crippen molar-refractivity contribution < 1.29 is 14.3 Å². The highest BCUT2D eigenvalue weighted by Gasteiger charge is 2.48. The Morgan fingerprint density at radius 3 is 2.00 bits per heavy atom. The first-order valence-electron chi connectivity index (χ1n) is 6.05. The molecule has 4 heteroatoms. The topological polar surface area (TPSA) is 46.6 Å². The average molecular weight is 237 g/mol. The highest BCUT2D eigenvalue weighted by molar-refractivity contribution is 6.05. The zero-order chi connectivity index (χ0) is 12.6. The molecule has 2 rings (SSSR count). The van der Waals surface area contributed by atoms with E-state index in [0.29, 0.717) is 13.2 Å². The number of carbonyl (C=O) groups excluding carboxylic acids is 2. The summed E-state index contributed by atoms with van der Waals surface area (Å²) >= 11 is 0. The minimum absolute atomic E-state index is 0.0103. The van der Waals surface area contributed by atoms with Crippen LogP contribution in [0.4, 0.5) is 0 Å². The van der Waals surface area contributed by atoms with Gasteiger partial charge in [-0.1, -0.05) is 11.1 Å².